The summed E-state index contributed by atoms with van der Waals surface area (Å²) in [7, 11) is 0. The van der Waals surface area contributed by atoms with Crippen molar-refractivity contribution in [3.05, 3.63) is 65.2 Å². The quantitative estimate of drug-likeness (QED) is 0.0876. The third-order valence-corrected chi connectivity index (χ3v) is 13.2. The molecule has 1 saturated carbocycles. The number of ether oxygens (including phenoxy) is 1. The fourth-order valence-corrected chi connectivity index (χ4v) is 10.6. The summed E-state index contributed by atoms with van der Waals surface area (Å²) >= 11 is 1.35. The number of amides is 2. The van der Waals surface area contributed by atoms with Crippen LogP contribution >= 0.6 is 11.8 Å². The summed E-state index contributed by atoms with van der Waals surface area (Å²) in [6.07, 6.45) is 16.2. The molecule has 0 aromatic carbocycles. The number of pyridine rings is 1. The Balaban J connectivity index is 1.38. The van der Waals surface area contributed by atoms with Crippen molar-refractivity contribution in [3.8, 4) is 0 Å². The van der Waals surface area contributed by atoms with Gasteiger partial charge in [-0.05, 0) is 67.2 Å². The zero-order chi connectivity index (χ0) is 37.3. The molecule has 15 heteroatoms. The highest BCUT2D eigenvalue weighted by molar-refractivity contribution is 8.01. The molecular formula is C37H46N4O10S. The van der Waals surface area contributed by atoms with Gasteiger partial charge in [0, 0.05) is 36.4 Å². The zero-order valence-corrected chi connectivity index (χ0v) is 29.7. The summed E-state index contributed by atoms with van der Waals surface area (Å²) in [5.41, 5.74) is 5.13. The Morgan fingerprint density at radius 2 is 1.69 bits per heavy atom. The van der Waals surface area contributed by atoms with Gasteiger partial charge in [0.2, 0.25) is 23.8 Å². The summed E-state index contributed by atoms with van der Waals surface area (Å²) in [6, 6.07) is 2.55. The lowest BCUT2D eigenvalue weighted by atomic mass is 9.56. The average Bonchev–Trinajstić information content (AvgIpc) is 3.73. The van der Waals surface area contributed by atoms with E-state index in [1.807, 2.05) is 23.5 Å². The number of rotatable bonds is 13. The highest BCUT2D eigenvalue weighted by Crippen LogP contribution is 2.67. The first-order valence-electron chi connectivity index (χ1n) is 17.9. The predicted molar refractivity (Wildman–Crippen MR) is 188 cm³/mol. The third-order valence-electron chi connectivity index (χ3n) is 11.5. The molecule has 5 aliphatic rings. The number of nitrogens with two attached hydrogens (primary N) is 1. The van der Waals surface area contributed by atoms with Crippen LogP contribution in [0.3, 0.4) is 0 Å². The van der Waals surface area contributed by atoms with Gasteiger partial charge in [-0.3, -0.25) is 25.1 Å². The fourth-order valence-electron chi connectivity index (χ4n) is 8.92. The van der Waals surface area contributed by atoms with Crippen LogP contribution in [0.15, 0.2) is 59.7 Å². The number of hydrogen-bond donors (Lipinski definition) is 7. The second-order valence-corrected chi connectivity index (χ2v) is 16.1. The molecule has 2 spiro atoms. The smallest absolute Gasteiger partial charge is 0.353 e. The van der Waals surface area contributed by atoms with Crippen molar-refractivity contribution < 1.29 is 49.1 Å². The minimum atomic E-state index is -2.68. The van der Waals surface area contributed by atoms with Crippen molar-refractivity contribution in [1.82, 2.24) is 15.6 Å². The maximum Gasteiger partial charge on any atom is 0.353 e. The van der Waals surface area contributed by atoms with Crippen molar-refractivity contribution in [3.63, 3.8) is 0 Å². The Morgan fingerprint density at radius 3 is 2.37 bits per heavy atom. The van der Waals surface area contributed by atoms with Gasteiger partial charge in [-0.2, -0.15) is 0 Å². The number of aliphatic carboxylic acids is 2. The number of hydrogen-bond acceptors (Lipinski definition) is 11. The van der Waals surface area contributed by atoms with Gasteiger partial charge in [0.15, 0.2) is 0 Å². The van der Waals surface area contributed by atoms with Crippen LogP contribution in [0.5, 0.6) is 0 Å². The van der Waals surface area contributed by atoms with E-state index in [2.05, 4.69) is 22.5 Å². The van der Waals surface area contributed by atoms with Crippen molar-refractivity contribution in [2.24, 2.45) is 22.5 Å². The van der Waals surface area contributed by atoms with Gasteiger partial charge in [0.1, 0.15) is 17.7 Å². The number of carboxylic acids is 2. The lowest BCUT2D eigenvalue weighted by molar-refractivity contribution is -0.159. The number of esters is 1. The van der Waals surface area contributed by atoms with Gasteiger partial charge in [-0.15, -0.1) is 11.8 Å². The van der Waals surface area contributed by atoms with Crippen LogP contribution in [0.2, 0.25) is 0 Å². The number of carbonyl (C=O) groups excluding carboxylic acids is 3. The molecule has 6 rings (SSSR count). The monoisotopic (exact) mass is 738 g/mol. The van der Waals surface area contributed by atoms with Crippen LogP contribution in [0.25, 0.3) is 0 Å². The molecule has 2 bridgehead atoms. The predicted octanol–water partition coefficient (Wildman–Crippen LogP) is 2.45. The number of aliphatic hydroxyl groups is 2. The normalized spacial score (nSPS) is 28.2. The summed E-state index contributed by atoms with van der Waals surface area (Å²) in [4.78, 5) is 67.4. The molecule has 6 unspecified atom stereocenters. The largest absolute Gasteiger partial charge is 0.478 e. The molecular weight excluding hydrogens is 692 g/mol. The number of carboxylic acid groups (broad SMARTS) is 2. The number of fused-ring (bicyclic) bond motifs is 3. The van der Waals surface area contributed by atoms with E-state index in [-0.39, 0.29) is 17.1 Å². The standard InChI is InChI=1S/C37H46N4O10S/c38-37(50,33(48)49)13-6-26(42)40-25(29(43)41-30(44)31(45)46)21-52-36-15-14-34(9-2-1-3-10-35(36)11-4-5-12-35)20-23(18-22-7-16-39-17-8-22)19-24-27(34)28(36)51-32(24)47/h7-8,14-17,19,24-25,30,44,50H,1-6,9-13,18,20-21,38H2,(H,40,42)(H,41,43)(H,45,46)(H,48,49). The van der Waals surface area contributed by atoms with Crippen LogP contribution in [0, 0.1) is 16.7 Å². The van der Waals surface area contributed by atoms with E-state index in [9.17, 15) is 39.3 Å². The molecule has 52 heavy (non-hydrogen) atoms. The molecule has 2 heterocycles. The minimum absolute atomic E-state index is 0.114. The maximum atomic E-state index is 14.0. The SMILES string of the molecule is NC(O)(CCC(=O)NC(CSC12C=CC3(CCCCCC14CCCC4)CC(Cc1ccncc1)=CC1C(=O)OC2=C13)C(=O)NC(O)C(=O)O)C(=O)O. The van der Waals surface area contributed by atoms with Crippen LogP contribution in [-0.2, 0) is 35.1 Å². The molecule has 6 atom stereocenters. The molecule has 1 fully saturated rings. The second-order valence-electron chi connectivity index (χ2n) is 14.9. The van der Waals surface area contributed by atoms with E-state index in [1.165, 1.54) is 11.8 Å². The highest BCUT2D eigenvalue weighted by atomic mass is 32.2. The topological polar surface area (TPSA) is 238 Å². The van der Waals surface area contributed by atoms with E-state index in [0.29, 0.717) is 12.2 Å². The Hall–Kier alpha value is -4.05. The van der Waals surface area contributed by atoms with E-state index >= 15 is 0 Å². The van der Waals surface area contributed by atoms with Gasteiger partial charge in [-0.25, -0.2) is 9.59 Å². The van der Waals surface area contributed by atoms with Gasteiger partial charge in [0.25, 0.3) is 0 Å². The van der Waals surface area contributed by atoms with Crippen LogP contribution in [-0.4, -0.2) is 83.6 Å². The Labute approximate surface area is 305 Å². The second kappa shape index (κ2) is 14.8. The summed E-state index contributed by atoms with van der Waals surface area (Å²) < 4.78 is 5.50. The first kappa shape index (κ1) is 37.7. The molecule has 2 amide bonds. The lowest BCUT2D eigenvalue weighted by Crippen LogP contribution is -2.55. The Morgan fingerprint density at radius 1 is 1.02 bits per heavy atom. The van der Waals surface area contributed by atoms with Crippen LogP contribution in [0.4, 0.5) is 0 Å². The molecule has 8 N–H and O–H groups in total. The van der Waals surface area contributed by atoms with Crippen molar-refractivity contribution >= 4 is 41.5 Å². The number of aliphatic hydroxyl groups excluding tert-OH is 1. The van der Waals surface area contributed by atoms with Crippen LogP contribution in [0.1, 0.15) is 82.6 Å². The summed E-state index contributed by atoms with van der Waals surface area (Å²) in [5, 5.41) is 42.9. The molecule has 1 aromatic heterocycles. The molecule has 280 valence electrons. The van der Waals surface area contributed by atoms with Gasteiger partial charge >= 0.3 is 17.9 Å². The first-order valence-corrected chi connectivity index (χ1v) is 18.8. The highest BCUT2D eigenvalue weighted by Gasteiger charge is 2.63. The Bertz CT molecular complexity index is 1700. The number of aromatic nitrogens is 1. The third kappa shape index (κ3) is 7.15. The molecule has 1 aliphatic heterocycles. The molecule has 0 saturated heterocycles. The number of carbonyl (C=O) groups is 5. The van der Waals surface area contributed by atoms with E-state index in [0.717, 1.165) is 80.9 Å². The van der Waals surface area contributed by atoms with E-state index < -0.39 is 70.7 Å². The van der Waals surface area contributed by atoms with E-state index in [4.69, 9.17) is 15.6 Å². The van der Waals surface area contributed by atoms with Crippen molar-refractivity contribution in [1.29, 1.82) is 0 Å². The maximum absolute atomic E-state index is 14.0. The number of allylic oxidation sites excluding steroid dienone is 2. The van der Waals surface area contributed by atoms with Gasteiger partial charge in [-0.1, -0.05) is 55.9 Å². The van der Waals surface area contributed by atoms with E-state index in [1.54, 1.807) is 12.4 Å². The fraction of sp³-hybridized carbons (Fsp3) is 0.568. The number of nitrogens with one attached hydrogen (secondary N) is 2. The first-order chi connectivity index (χ1) is 24.7. The average molecular weight is 739 g/mol. The van der Waals surface area contributed by atoms with Crippen molar-refractivity contribution in [2.45, 2.75) is 106 Å². The number of thioether (sulfide) groups is 1. The van der Waals surface area contributed by atoms with Gasteiger partial charge < -0.3 is 35.8 Å². The summed E-state index contributed by atoms with van der Waals surface area (Å²) in [6.45, 7) is 0. The van der Waals surface area contributed by atoms with Crippen LogP contribution < -0.4 is 16.4 Å². The molecule has 14 nitrogen and oxygen atoms in total. The summed E-state index contributed by atoms with van der Waals surface area (Å²) in [5.74, 6) is -5.66. The lowest BCUT2D eigenvalue weighted by Gasteiger charge is -2.53. The molecule has 0 radical (unpaired) electrons. The Kier molecular flexibility index (Phi) is 10.7. The minimum Gasteiger partial charge on any atom is -0.478 e. The number of nitrogens with zero attached hydrogens (tertiary/aromatic N) is 1. The molecule has 1 aromatic rings. The van der Waals surface area contributed by atoms with Gasteiger partial charge in [0.05, 0.1) is 4.75 Å². The van der Waals surface area contributed by atoms with Crippen molar-refractivity contribution in [2.75, 3.05) is 5.75 Å². The zero-order valence-electron chi connectivity index (χ0n) is 28.8. The molecule has 4 aliphatic carbocycles.